The summed E-state index contributed by atoms with van der Waals surface area (Å²) in [6.45, 7) is 3.77. The number of nitrogens with two attached hydrogens (primary N) is 1. The van der Waals surface area contributed by atoms with Gasteiger partial charge < -0.3 is 16.3 Å². The Morgan fingerprint density at radius 3 is 2.43 bits per heavy atom. The zero-order valence-corrected chi connectivity index (χ0v) is 8.58. The second kappa shape index (κ2) is 3.86. The minimum absolute atomic E-state index is 0.0295. The smallest absolute Gasteiger partial charge is 0.234 e. The summed E-state index contributed by atoms with van der Waals surface area (Å²) in [5, 5.41) is 14.3. The highest BCUT2D eigenvalue weighted by molar-refractivity contribution is 6.07. The topological polar surface area (TPSA) is 87.7 Å². The highest BCUT2D eigenvalue weighted by Crippen LogP contribution is 2.41. The molecule has 1 fully saturated rings. The molecule has 0 heterocycles. The van der Waals surface area contributed by atoms with E-state index in [0.717, 1.165) is 6.42 Å². The van der Waals surface area contributed by atoms with Crippen molar-refractivity contribution in [1.82, 2.24) is 5.32 Å². The van der Waals surface area contributed by atoms with E-state index < -0.39 is 5.41 Å². The summed E-state index contributed by atoms with van der Waals surface area (Å²) < 4.78 is 0. The van der Waals surface area contributed by atoms with Crippen LogP contribution in [0.3, 0.4) is 0 Å². The van der Waals surface area contributed by atoms with Crippen LogP contribution in [0.4, 0.5) is 0 Å². The summed E-state index contributed by atoms with van der Waals surface area (Å²) in [6.07, 6.45) is 2.28. The molecule has 1 amide bonds. The highest BCUT2D eigenvalue weighted by atomic mass is 16.4. The lowest BCUT2D eigenvalue weighted by molar-refractivity contribution is -0.131. The maximum atomic E-state index is 11.8. The van der Waals surface area contributed by atoms with E-state index in [-0.39, 0.29) is 17.8 Å². The maximum Gasteiger partial charge on any atom is 0.234 e. The molecule has 14 heavy (non-hydrogen) atoms. The van der Waals surface area contributed by atoms with Gasteiger partial charge in [0.15, 0.2) is 5.84 Å². The monoisotopic (exact) mass is 199 g/mol. The van der Waals surface area contributed by atoms with Gasteiger partial charge in [-0.05, 0) is 26.7 Å². The fourth-order valence-corrected chi connectivity index (χ4v) is 1.63. The maximum absolute atomic E-state index is 11.8. The minimum Gasteiger partial charge on any atom is -0.409 e. The summed E-state index contributed by atoms with van der Waals surface area (Å²) in [7, 11) is 0. The van der Waals surface area contributed by atoms with Crippen molar-refractivity contribution in [2.24, 2.45) is 16.3 Å². The first kappa shape index (κ1) is 10.8. The Balaban J connectivity index is 2.75. The van der Waals surface area contributed by atoms with Crippen LogP contribution in [0.5, 0.6) is 0 Å². The van der Waals surface area contributed by atoms with Gasteiger partial charge in [-0.1, -0.05) is 11.6 Å². The summed E-state index contributed by atoms with van der Waals surface area (Å²) in [5.41, 5.74) is 4.78. The van der Waals surface area contributed by atoms with Gasteiger partial charge in [0.25, 0.3) is 0 Å². The molecule has 0 spiro atoms. The first-order valence-electron chi connectivity index (χ1n) is 4.82. The Hall–Kier alpha value is -1.26. The number of nitrogens with one attached hydrogen (secondary N) is 1. The fourth-order valence-electron chi connectivity index (χ4n) is 1.63. The van der Waals surface area contributed by atoms with Crippen molar-refractivity contribution in [3.8, 4) is 0 Å². The van der Waals surface area contributed by atoms with Crippen molar-refractivity contribution in [3.05, 3.63) is 0 Å². The lowest BCUT2D eigenvalue weighted by Gasteiger charge is -2.39. The predicted octanol–water partition coefficient (Wildman–Crippen LogP) is 0.428. The van der Waals surface area contributed by atoms with Gasteiger partial charge in [0.2, 0.25) is 5.91 Å². The van der Waals surface area contributed by atoms with Crippen molar-refractivity contribution in [2.45, 2.75) is 39.2 Å². The number of carbonyl (C=O) groups is 1. The number of amidine groups is 1. The van der Waals surface area contributed by atoms with Gasteiger partial charge in [0.05, 0.1) is 0 Å². The molecule has 0 aromatic rings. The van der Waals surface area contributed by atoms with Crippen molar-refractivity contribution in [3.63, 3.8) is 0 Å². The normalized spacial score (nSPS) is 20.4. The van der Waals surface area contributed by atoms with Gasteiger partial charge in [0, 0.05) is 6.04 Å². The van der Waals surface area contributed by atoms with Crippen LogP contribution in [-0.4, -0.2) is 23.0 Å². The van der Waals surface area contributed by atoms with Crippen LogP contribution >= 0.6 is 0 Å². The Labute approximate surface area is 83.3 Å². The number of hydrogen-bond donors (Lipinski definition) is 3. The Morgan fingerprint density at radius 1 is 1.57 bits per heavy atom. The van der Waals surface area contributed by atoms with E-state index in [2.05, 4.69) is 10.5 Å². The summed E-state index contributed by atoms with van der Waals surface area (Å²) >= 11 is 0. The van der Waals surface area contributed by atoms with Crippen molar-refractivity contribution in [1.29, 1.82) is 0 Å². The molecule has 0 bridgehead atoms. The standard InChI is InChI=1S/C9H17N3O2/c1-6(2)11-8(13)9(4-3-5-9)7(10)12-14/h6,14H,3-5H2,1-2H3,(H2,10,12)(H,11,13). The molecular weight excluding hydrogens is 182 g/mol. The van der Waals surface area contributed by atoms with Crippen LogP contribution in [0.15, 0.2) is 5.16 Å². The molecule has 0 radical (unpaired) electrons. The van der Waals surface area contributed by atoms with Crippen molar-refractivity contribution >= 4 is 11.7 Å². The Bertz CT molecular complexity index is 257. The van der Waals surface area contributed by atoms with E-state index in [0.29, 0.717) is 12.8 Å². The molecule has 0 aliphatic heterocycles. The first-order valence-corrected chi connectivity index (χ1v) is 4.82. The zero-order chi connectivity index (χ0) is 10.8. The third kappa shape index (κ3) is 1.66. The van der Waals surface area contributed by atoms with Gasteiger partial charge in [0.1, 0.15) is 5.41 Å². The van der Waals surface area contributed by atoms with E-state index in [1.807, 2.05) is 13.8 Å². The van der Waals surface area contributed by atoms with Crippen molar-refractivity contribution in [2.75, 3.05) is 0 Å². The van der Waals surface area contributed by atoms with E-state index in [9.17, 15) is 4.79 Å². The lowest BCUT2D eigenvalue weighted by Crippen LogP contribution is -2.55. The molecule has 1 aliphatic carbocycles. The predicted molar refractivity (Wildman–Crippen MR) is 53.0 cm³/mol. The van der Waals surface area contributed by atoms with Gasteiger partial charge in [-0.2, -0.15) is 0 Å². The van der Waals surface area contributed by atoms with Crippen LogP contribution in [0.2, 0.25) is 0 Å². The molecule has 80 valence electrons. The second-order valence-electron chi connectivity index (χ2n) is 4.05. The number of nitrogens with zero attached hydrogens (tertiary/aromatic N) is 1. The highest BCUT2D eigenvalue weighted by Gasteiger charge is 2.48. The average Bonchev–Trinajstić information content (AvgIpc) is 2.00. The average molecular weight is 199 g/mol. The van der Waals surface area contributed by atoms with Crippen LogP contribution in [0.25, 0.3) is 0 Å². The lowest BCUT2D eigenvalue weighted by atomic mass is 9.67. The summed E-state index contributed by atoms with van der Waals surface area (Å²) in [6, 6.07) is 0.0754. The molecule has 0 aromatic heterocycles. The van der Waals surface area contributed by atoms with Crippen molar-refractivity contribution < 1.29 is 10.0 Å². The SMILES string of the molecule is CC(C)NC(=O)C1(C(N)=NO)CCC1. The molecule has 0 aromatic carbocycles. The van der Waals surface area contributed by atoms with E-state index >= 15 is 0 Å². The largest absolute Gasteiger partial charge is 0.409 e. The third-order valence-electron chi connectivity index (χ3n) is 2.66. The van der Waals surface area contributed by atoms with Gasteiger partial charge in [-0.25, -0.2) is 0 Å². The molecule has 1 rings (SSSR count). The van der Waals surface area contributed by atoms with Gasteiger partial charge in [-0.15, -0.1) is 0 Å². The zero-order valence-electron chi connectivity index (χ0n) is 8.58. The summed E-state index contributed by atoms with van der Waals surface area (Å²) in [5.74, 6) is -0.101. The Kier molecular flexibility index (Phi) is 2.98. The van der Waals surface area contributed by atoms with E-state index in [1.165, 1.54) is 0 Å². The number of amides is 1. The number of oxime groups is 1. The quantitative estimate of drug-likeness (QED) is 0.266. The Morgan fingerprint density at radius 2 is 2.14 bits per heavy atom. The van der Waals surface area contributed by atoms with Crippen LogP contribution in [0, 0.1) is 5.41 Å². The second-order valence-corrected chi connectivity index (χ2v) is 4.05. The number of hydrogen-bond acceptors (Lipinski definition) is 3. The van der Waals surface area contributed by atoms with Gasteiger partial charge in [-0.3, -0.25) is 4.79 Å². The summed E-state index contributed by atoms with van der Waals surface area (Å²) in [4.78, 5) is 11.8. The number of carbonyl (C=O) groups excluding carboxylic acids is 1. The molecule has 5 nitrogen and oxygen atoms in total. The number of rotatable bonds is 3. The van der Waals surface area contributed by atoms with Gasteiger partial charge >= 0.3 is 0 Å². The molecule has 0 saturated heterocycles. The molecule has 5 heteroatoms. The molecular formula is C9H17N3O2. The van der Waals surface area contributed by atoms with Crippen LogP contribution < -0.4 is 11.1 Å². The fraction of sp³-hybridized carbons (Fsp3) is 0.778. The molecule has 1 saturated carbocycles. The van der Waals surface area contributed by atoms with Crippen LogP contribution in [0.1, 0.15) is 33.1 Å². The van der Waals surface area contributed by atoms with E-state index in [4.69, 9.17) is 10.9 Å². The van der Waals surface area contributed by atoms with Crippen LogP contribution in [-0.2, 0) is 4.79 Å². The third-order valence-corrected chi connectivity index (χ3v) is 2.66. The first-order chi connectivity index (χ1) is 6.53. The molecule has 4 N–H and O–H groups in total. The van der Waals surface area contributed by atoms with E-state index in [1.54, 1.807) is 0 Å². The molecule has 0 unspecified atom stereocenters. The minimum atomic E-state index is -0.751. The molecule has 0 atom stereocenters. The molecule has 1 aliphatic rings.